The van der Waals surface area contributed by atoms with Crippen molar-refractivity contribution in [3.8, 4) is 11.5 Å². The van der Waals surface area contributed by atoms with E-state index in [1.54, 1.807) is 0 Å². The average molecular weight is 352 g/mol. The number of ether oxygens (including phenoxy) is 2. The summed E-state index contributed by atoms with van der Waals surface area (Å²) in [6, 6.07) is 2.29. The van der Waals surface area contributed by atoms with Crippen LogP contribution in [0.15, 0.2) is 12.1 Å². The molecule has 0 aromatic heterocycles. The molecule has 1 aromatic rings. The number of nitro groups is 1. The molecule has 1 heterocycles. The number of hydrogen-bond donors (Lipinski definition) is 1. The molecule has 1 saturated heterocycles. The van der Waals surface area contributed by atoms with Gasteiger partial charge in [-0.1, -0.05) is 13.3 Å². The summed E-state index contributed by atoms with van der Waals surface area (Å²) in [5.41, 5.74) is -0.370. The largest absolute Gasteiger partial charge is 0.493 e. The molecule has 1 N–H and O–H groups in total. The van der Waals surface area contributed by atoms with E-state index in [0.29, 0.717) is 19.6 Å². The number of carbonyl (C=O) groups excluding carboxylic acids is 1. The molecule has 1 amide bonds. The van der Waals surface area contributed by atoms with Crippen LogP contribution in [0.3, 0.4) is 0 Å². The van der Waals surface area contributed by atoms with Crippen LogP contribution in [0.4, 0.5) is 5.69 Å². The van der Waals surface area contributed by atoms with Gasteiger partial charge < -0.3 is 19.5 Å². The lowest BCUT2D eigenvalue weighted by atomic mass is 10.1. The van der Waals surface area contributed by atoms with Crippen molar-refractivity contribution in [1.29, 1.82) is 0 Å². The van der Waals surface area contributed by atoms with Crippen LogP contribution >= 0.6 is 0 Å². The van der Waals surface area contributed by atoms with Gasteiger partial charge in [0, 0.05) is 12.6 Å². The Morgan fingerprint density at radius 1 is 1.44 bits per heavy atom. The van der Waals surface area contributed by atoms with Crippen molar-refractivity contribution in [1.82, 2.24) is 4.90 Å². The van der Waals surface area contributed by atoms with Gasteiger partial charge in [0.05, 0.1) is 37.4 Å². The molecule has 25 heavy (non-hydrogen) atoms. The predicted molar refractivity (Wildman–Crippen MR) is 91.2 cm³/mol. The maximum atomic E-state index is 12.8. The van der Waals surface area contributed by atoms with Crippen LogP contribution < -0.4 is 9.47 Å². The Kier molecular flexibility index (Phi) is 6.58. The molecule has 0 unspecified atom stereocenters. The van der Waals surface area contributed by atoms with Crippen molar-refractivity contribution in [2.24, 2.45) is 0 Å². The van der Waals surface area contributed by atoms with Gasteiger partial charge >= 0.3 is 0 Å². The van der Waals surface area contributed by atoms with Crippen molar-refractivity contribution in [3.05, 3.63) is 27.8 Å². The smallest absolute Gasteiger partial charge is 0.286 e. The number of nitro benzene ring substituents is 1. The first kappa shape index (κ1) is 19.0. The van der Waals surface area contributed by atoms with Gasteiger partial charge in [-0.3, -0.25) is 14.9 Å². The summed E-state index contributed by atoms with van der Waals surface area (Å²) in [4.78, 5) is 25.2. The number of likely N-dealkylation sites (tertiary alicyclic amines) is 1. The Labute approximate surface area is 146 Å². The van der Waals surface area contributed by atoms with E-state index in [1.807, 2.05) is 6.92 Å². The molecule has 1 fully saturated rings. The van der Waals surface area contributed by atoms with E-state index in [9.17, 15) is 20.0 Å². The summed E-state index contributed by atoms with van der Waals surface area (Å²) in [5, 5.41) is 20.9. The second kappa shape index (κ2) is 8.66. The minimum absolute atomic E-state index is 0.0509. The highest BCUT2D eigenvalue weighted by Crippen LogP contribution is 2.36. The van der Waals surface area contributed by atoms with Crippen molar-refractivity contribution in [2.45, 2.75) is 38.6 Å². The maximum Gasteiger partial charge on any atom is 0.286 e. The zero-order chi connectivity index (χ0) is 18.4. The fourth-order valence-corrected chi connectivity index (χ4v) is 2.92. The molecule has 0 bridgehead atoms. The number of aliphatic hydroxyl groups is 1. The van der Waals surface area contributed by atoms with Crippen molar-refractivity contribution in [2.75, 3.05) is 26.9 Å². The summed E-state index contributed by atoms with van der Waals surface area (Å²) in [5.74, 6) is 0.0609. The van der Waals surface area contributed by atoms with E-state index in [0.717, 1.165) is 19.3 Å². The van der Waals surface area contributed by atoms with Gasteiger partial charge in [0.2, 0.25) is 0 Å². The van der Waals surface area contributed by atoms with Crippen LogP contribution in [-0.2, 0) is 0 Å². The summed E-state index contributed by atoms with van der Waals surface area (Å²) in [7, 11) is 1.43. The summed E-state index contributed by atoms with van der Waals surface area (Å²) in [6.45, 7) is 2.74. The first-order valence-electron chi connectivity index (χ1n) is 8.44. The zero-order valence-electron chi connectivity index (χ0n) is 14.6. The fraction of sp³-hybridized carbons (Fsp3) is 0.588. The number of methoxy groups -OCH3 is 1. The van der Waals surface area contributed by atoms with Crippen LogP contribution in [0.2, 0.25) is 0 Å². The van der Waals surface area contributed by atoms with Crippen molar-refractivity contribution in [3.63, 3.8) is 0 Å². The third-order valence-corrected chi connectivity index (χ3v) is 4.31. The second-order valence-corrected chi connectivity index (χ2v) is 5.96. The molecule has 0 aliphatic carbocycles. The Morgan fingerprint density at radius 2 is 2.20 bits per heavy atom. The number of unbranched alkanes of at least 4 members (excludes halogenated alkanes) is 1. The SMILES string of the molecule is CCCCOc1cc([N+](=O)[O-])c(C(=O)N2CCC[C@H]2CO)cc1OC. The van der Waals surface area contributed by atoms with E-state index < -0.39 is 10.8 Å². The molecule has 8 heteroatoms. The Morgan fingerprint density at radius 3 is 2.80 bits per heavy atom. The number of nitrogens with zero attached hydrogens (tertiary/aromatic N) is 2. The summed E-state index contributed by atoms with van der Waals surface area (Å²) in [6.07, 6.45) is 3.19. The molecule has 0 radical (unpaired) electrons. The minimum Gasteiger partial charge on any atom is -0.493 e. The maximum absolute atomic E-state index is 12.8. The molecule has 0 spiro atoms. The minimum atomic E-state index is -0.594. The van der Waals surface area contributed by atoms with Crippen LogP contribution in [0.25, 0.3) is 0 Å². The topological polar surface area (TPSA) is 102 Å². The lowest BCUT2D eigenvalue weighted by Gasteiger charge is -2.23. The third kappa shape index (κ3) is 4.19. The fourth-order valence-electron chi connectivity index (χ4n) is 2.92. The van der Waals surface area contributed by atoms with Gasteiger partial charge in [-0.05, 0) is 19.3 Å². The number of benzene rings is 1. The Balaban J connectivity index is 2.39. The molecule has 2 rings (SSSR count). The number of amides is 1. The predicted octanol–water partition coefficient (Wildman–Crippen LogP) is 2.38. The quantitative estimate of drug-likeness (QED) is 0.438. The average Bonchev–Trinajstić information content (AvgIpc) is 3.09. The zero-order valence-corrected chi connectivity index (χ0v) is 14.6. The highest BCUT2D eigenvalue weighted by atomic mass is 16.6. The molecule has 1 aliphatic heterocycles. The normalized spacial score (nSPS) is 16.8. The lowest BCUT2D eigenvalue weighted by Crippen LogP contribution is -2.37. The highest BCUT2D eigenvalue weighted by molar-refractivity contribution is 5.99. The molecular formula is C17H24N2O6. The number of aliphatic hydroxyl groups excluding tert-OH is 1. The monoisotopic (exact) mass is 352 g/mol. The number of carbonyl (C=O) groups is 1. The van der Waals surface area contributed by atoms with Crippen LogP contribution in [0.5, 0.6) is 11.5 Å². The Hall–Kier alpha value is -2.35. The van der Waals surface area contributed by atoms with Crippen molar-refractivity contribution >= 4 is 11.6 Å². The molecule has 0 saturated carbocycles. The standard InChI is InChI=1S/C17H24N2O6/c1-3-4-8-25-16-10-14(19(22)23)13(9-15(16)24-2)17(21)18-7-5-6-12(18)11-20/h9-10,12,20H,3-8,11H2,1-2H3/t12-/m0/s1. The highest BCUT2D eigenvalue weighted by Gasteiger charge is 2.33. The molecule has 1 aliphatic rings. The first-order valence-corrected chi connectivity index (χ1v) is 8.44. The van der Waals surface area contributed by atoms with E-state index in [1.165, 1.54) is 24.1 Å². The Bertz CT molecular complexity index is 634. The van der Waals surface area contributed by atoms with Crippen LogP contribution in [0.1, 0.15) is 43.0 Å². The van der Waals surface area contributed by atoms with Crippen molar-refractivity contribution < 1.29 is 24.3 Å². The van der Waals surface area contributed by atoms with Gasteiger partial charge in [0.25, 0.3) is 11.6 Å². The van der Waals surface area contributed by atoms with Gasteiger partial charge in [-0.15, -0.1) is 0 Å². The third-order valence-electron chi connectivity index (χ3n) is 4.31. The molecule has 8 nitrogen and oxygen atoms in total. The molecule has 1 aromatic carbocycles. The van der Waals surface area contributed by atoms with E-state index in [-0.39, 0.29) is 35.4 Å². The van der Waals surface area contributed by atoms with E-state index in [4.69, 9.17) is 9.47 Å². The summed E-state index contributed by atoms with van der Waals surface area (Å²) >= 11 is 0. The van der Waals surface area contributed by atoms with E-state index >= 15 is 0 Å². The molecular weight excluding hydrogens is 328 g/mol. The van der Waals surface area contributed by atoms with Gasteiger partial charge in [-0.25, -0.2) is 0 Å². The van der Waals surface area contributed by atoms with Crippen LogP contribution in [0, 0.1) is 10.1 Å². The van der Waals surface area contributed by atoms with E-state index in [2.05, 4.69) is 0 Å². The van der Waals surface area contributed by atoms with Gasteiger partial charge in [0.1, 0.15) is 5.56 Å². The number of rotatable bonds is 8. The second-order valence-electron chi connectivity index (χ2n) is 5.96. The number of hydrogen-bond acceptors (Lipinski definition) is 6. The van der Waals surface area contributed by atoms with Gasteiger partial charge in [-0.2, -0.15) is 0 Å². The van der Waals surface area contributed by atoms with Gasteiger partial charge in [0.15, 0.2) is 11.5 Å². The molecule has 1 atom stereocenters. The molecule has 138 valence electrons. The lowest BCUT2D eigenvalue weighted by molar-refractivity contribution is -0.385. The first-order chi connectivity index (χ1) is 12.0. The van der Waals surface area contributed by atoms with Crippen LogP contribution in [-0.4, -0.2) is 53.7 Å². The summed E-state index contributed by atoms with van der Waals surface area (Å²) < 4.78 is 10.8.